The maximum atomic E-state index is 12.8. The van der Waals surface area contributed by atoms with E-state index in [1.807, 2.05) is 30.3 Å². The van der Waals surface area contributed by atoms with Gasteiger partial charge in [0.25, 0.3) is 0 Å². The van der Waals surface area contributed by atoms with E-state index in [-0.39, 0.29) is 5.92 Å². The van der Waals surface area contributed by atoms with Gasteiger partial charge >= 0.3 is 5.97 Å². The summed E-state index contributed by atoms with van der Waals surface area (Å²) in [7, 11) is 1.40. The number of methoxy groups -OCH3 is 1. The summed E-state index contributed by atoms with van der Waals surface area (Å²) in [5.41, 5.74) is 4.51. The zero-order valence-corrected chi connectivity index (χ0v) is 19.6. The van der Waals surface area contributed by atoms with E-state index < -0.39 is 5.97 Å². The molecule has 0 N–H and O–H groups in total. The molecule has 4 aromatic rings. The second-order valence-electron chi connectivity index (χ2n) is 8.38. The Bertz CT molecular complexity index is 1360. The van der Waals surface area contributed by atoms with Gasteiger partial charge in [0.1, 0.15) is 11.3 Å². The van der Waals surface area contributed by atoms with E-state index in [0.29, 0.717) is 29.3 Å². The number of pyridine rings is 1. The number of rotatable bonds is 4. The van der Waals surface area contributed by atoms with Gasteiger partial charge in [-0.25, -0.2) is 9.78 Å². The number of esters is 1. The van der Waals surface area contributed by atoms with Crippen LogP contribution >= 0.6 is 11.6 Å². The number of nitrogens with zero attached hydrogens (tertiary/aromatic N) is 4. The number of hydrogen-bond acceptors (Lipinski definition) is 6. The molecular weight excluding hydrogens is 440 g/mol. The van der Waals surface area contributed by atoms with Gasteiger partial charge in [0, 0.05) is 36.3 Å². The highest BCUT2D eigenvalue weighted by Gasteiger charge is 2.25. The maximum absolute atomic E-state index is 12.8. The number of imidazole rings is 1. The molecule has 0 spiro atoms. The Labute approximate surface area is 196 Å². The van der Waals surface area contributed by atoms with Crippen molar-refractivity contribution < 1.29 is 14.3 Å². The predicted molar refractivity (Wildman–Crippen MR) is 130 cm³/mol. The topological polar surface area (TPSA) is 69.5 Å². The first-order valence-corrected chi connectivity index (χ1v) is 11.4. The number of anilines is 1. The molecule has 0 saturated carbocycles. The Morgan fingerprint density at radius 1 is 1.15 bits per heavy atom. The summed E-state index contributed by atoms with van der Waals surface area (Å²) < 4.78 is 12.8. The van der Waals surface area contributed by atoms with Crippen LogP contribution in [0.25, 0.3) is 27.6 Å². The minimum absolute atomic E-state index is 0.108. The molecule has 0 atom stereocenters. The van der Waals surface area contributed by atoms with E-state index in [9.17, 15) is 4.79 Å². The Morgan fingerprint density at radius 2 is 1.94 bits per heavy atom. The summed E-state index contributed by atoms with van der Waals surface area (Å²) in [6, 6.07) is 11.7. The third kappa shape index (κ3) is 3.71. The first-order valence-electron chi connectivity index (χ1n) is 11.0. The van der Waals surface area contributed by atoms with E-state index in [0.717, 1.165) is 46.7 Å². The molecule has 0 aliphatic carbocycles. The molecule has 2 aromatic heterocycles. The van der Waals surface area contributed by atoms with Gasteiger partial charge in [-0.1, -0.05) is 37.6 Å². The highest BCUT2D eigenvalue weighted by atomic mass is 35.5. The Morgan fingerprint density at radius 3 is 2.67 bits per heavy atom. The van der Waals surface area contributed by atoms with Crippen LogP contribution in [0.4, 0.5) is 5.69 Å². The lowest BCUT2D eigenvalue weighted by Crippen LogP contribution is -2.36. The van der Waals surface area contributed by atoms with Crippen LogP contribution < -0.4 is 4.90 Å². The summed E-state index contributed by atoms with van der Waals surface area (Å²) in [6.07, 6.45) is 1.76. The van der Waals surface area contributed by atoms with Gasteiger partial charge in [0.15, 0.2) is 0 Å². The van der Waals surface area contributed by atoms with Gasteiger partial charge in [0.2, 0.25) is 0 Å². The Hall–Kier alpha value is -3.16. The molecule has 0 bridgehead atoms. The van der Waals surface area contributed by atoms with Crippen LogP contribution in [0, 0.1) is 0 Å². The van der Waals surface area contributed by atoms with Gasteiger partial charge in [-0.15, -0.1) is 0 Å². The number of hydrogen-bond donors (Lipinski definition) is 0. The van der Waals surface area contributed by atoms with Crippen molar-refractivity contribution in [2.24, 2.45) is 0 Å². The number of carbonyl (C=O) groups is 1. The van der Waals surface area contributed by atoms with Gasteiger partial charge in [0.05, 0.1) is 47.6 Å². The molecule has 0 amide bonds. The third-order valence-corrected chi connectivity index (χ3v) is 6.31. The van der Waals surface area contributed by atoms with E-state index in [1.165, 1.54) is 7.11 Å². The van der Waals surface area contributed by atoms with Crippen molar-refractivity contribution >= 4 is 45.2 Å². The van der Waals surface area contributed by atoms with Gasteiger partial charge < -0.3 is 14.4 Å². The van der Waals surface area contributed by atoms with E-state index in [2.05, 4.69) is 34.4 Å². The summed E-state index contributed by atoms with van der Waals surface area (Å²) in [5.74, 6) is 0.552. The van der Waals surface area contributed by atoms with Crippen LogP contribution in [0.5, 0.6) is 0 Å². The van der Waals surface area contributed by atoms with E-state index in [1.54, 1.807) is 6.20 Å². The van der Waals surface area contributed by atoms with Crippen molar-refractivity contribution in [1.82, 2.24) is 14.5 Å². The zero-order chi connectivity index (χ0) is 23.1. The van der Waals surface area contributed by atoms with Crippen LogP contribution in [0.2, 0.25) is 5.02 Å². The van der Waals surface area contributed by atoms with Crippen molar-refractivity contribution in [2.75, 3.05) is 38.3 Å². The smallest absolute Gasteiger partial charge is 0.340 e. The standard InChI is InChI=1S/C25H25ClN4O3/c1-15(2)24-28-23-18(25(31)32-3)13-16(29-9-11-33-12-10-29)14-21(23)30(24)20-7-8-27-22-17(20)5-4-6-19(22)26/h4-8,13-15H,9-12H2,1-3H3. The quantitative estimate of drug-likeness (QED) is 0.397. The van der Waals surface area contributed by atoms with Crippen molar-refractivity contribution in [3.8, 4) is 5.69 Å². The lowest BCUT2D eigenvalue weighted by atomic mass is 10.1. The predicted octanol–water partition coefficient (Wildman–Crippen LogP) is 4.97. The molecule has 2 aromatic carbocycles. The largest absolute Gasteiger partial charge is 0.465 e. The second kappa shape index (κ2) is 8.65. The number of benzene rings is 2. The van der Waals surface area contributed by atoms with Crippen LogP contribution in [0.1, 0.15) is 35.9 Å². The minimum Gasteiger partial charge on any atom is -0.465 e. The fourth-order valence-electron chi connectivity index (χ4n) is 4.41. The van der Waals surface area contributed by atoms with Gasteiger partial charge in [-0.3, -0.25) is 9.55 Å². The summed E-state index contributed by atoms with van der Waals surface area (Å²) in [5, 5.41) is 1.51. The molecule has 5 rings (SSSR count). The molecular formula is C25H25ClN4O3. The molecule has 8 heteroatoms. The average Bonchev–Trinajstić information content (AvgIpc) is 3.23. The SMILES string of the molecule is COC(=O)c1cc(N2CCOCC2)cc2c1nc(C(C)C)n2-c1ccnc2c(Cl)cccc12. The molecule has 33 heavy (non-hydrogen) atoms. The molecule has 1 aliphatic heterocycles. The number of morpholine rings is 1. The lowest BCUT2D eigenvalue weighted by Gasteiger charge is -2.29. The minimum atomic E-state index is -0.405. The van der Waals surface area contributed by atoms with Crippen molar-refractivity contribution in [3.63, 3.8) is 0 Å². The molecule has 0 radical (unpaired) electrons. The van der Waals surface area contributed by atoms with Crippen LogP contribution in [0.15, 0.2) is 42.6 Å². The van der Waals surface area contributed by atoms with Crippen molar-refractivity contribution in [3.05, 3.63) is 59.0 Å². The number of halogens is 1. The van der Waals surface area contributed by atoms with Crippen molar-refractivity contribution in [2.45, 2.75) is 19.8 Å². The monoisotopic (exact) mass is 464 g/mol. The van der Waals surface area contributed by atoms with Crippen LogP contribution in [-0.2, 0) is 9.47 Å². The molecule has 0 unspecified atom stereocenters. The molecule has 1 saturated heterocycles. The first-order chi connectivity index (χ1) is 16.0. The van der Waals surface area contributed by atoms with Crippen molar-refractivity contribution in [1.29, 1.82) is 0 Å². The second-order valence-corrected chi connectivity index (χ2v) is 8.79. The fraction of sp³-hybridized carbons (Fsp3) is 0.320. The molecule has 1 fully saturated rings. The number of carbonyl (C=O) groups excluding carboxylic acids is 1. The van der Waals surface area contributed by atoms with E-state index >= 15 is 0 Å². The van der Waals surface area contributed by atoms with Gasteiger partial charge in [-0.05, 0) is 24.3 Å². The highest BCUT2D eigenvalue weighted by Crippen LogP contribution is 2.35. The molecule has 3 heterocycles. The Kier molecular flexibility index (Phi) is 5.68. The van der Waals surface area contributed by atoms with E-state index in [4.69, 9.17) is 26.1 Å². The lowest BCUT2D eigenvalue weighted by molar-refractivity contribution is 0.0603. The summed E-state index contributed by atoms with van der Waals surface area (Å²) in [6.45, 7) is 6.99. The molecule has 170 valence electrons. The highest BCUT2D eigenvalue weighted by molar-refractivity contribution is 6.35. The average molecular weight is 465 g/mol. The first kappa shape index (κ1) is 21.7. The Balaban J connectivity index is 1.86. The number of aromatic nitrogens is 3. The third-order valence-electron chi connectivity index (χ3n) is 6.01. The maximum Gasteiger partial charge on any atom is 0.340 e. The summed E-state index contributed by atoms with van der Waals surface area (Å²) in [4.78, 5) is 24.5. The number of para-hydroxylation sites is 1. The normalized spacial score (nSPS) is 14.4. The fourth-order valence-corrected chi connectivity index (χ4v) is 4.63. The number of ether oxygens (including phenoxy) is 2. The van der Waals surface area contributed by atoms with Crippen LogP contribution in [-0.4, -0.2) is 53.9 Å². The van der Waals surface area contributed by atoms with Crippen LogP contribution in [0.3, 0.4) is 0 Å². The zero-order valence-electron chi connectivity index (χ0n) is 18.8. The number of fused-ring (bicyclic) bond motifs is 2. The van der Waals surface area contributed by atoms with Gasteiger partial charge in [-0.2, -0.15) is 0 Å². The molecule has 1 aliphatic rings. The summed E-state index contributed by atoms with van der Waals surface area (Å²) >= 11 is 6.46. The molecule has 7 nitrogen and oxygen atoms in total.